The van der Waals surface area contributed by atoms with Crippen LogP contribution < -0.4 is 10.6 Å². The van der Waals surface area contributed by atoms with Crippen LogP contribution in [0.4, 0.5) is 5.69 Å². The quantitative estimate of drug-likeness (QED) is 0.913. The minimum absolute atomic E-state index is 0.0824. The first-order chi connectivity index (χ1) is 9.41. The minimum atomic E-state index is -0.0824. The van der Waals surface area contributed by atoms with Crippen LogP contribution in [-0.2, 0) is 11.2 Å². The summed E-state index contributed by atoms with van der Waals surface area (Å²) in [5.41, 5.74) is 8.49. The highest BCUT2D eigenvalue weighted by Crippen LogP contribution is 2.31. The molecule has 1 fully saturated rings. The summed E-state index contributed by atoms with van der Waals surface area (Å²) in [6.45, 7) is 9.05. The third kappa shape index (κ3) is 3.96. The molecule has 0 aliphatic carbocycles. The Morgan fingerprint density at radius 3 is 2.80 bits per heavy atom. The van der Waals surface area contributed by atoms with Gasteiger partial charge in [0.25, 0.3) is 0 Å². The number of ether oxygens (including phenoxy) is 1. The van der Waals surface area contributed by atoms with E-state index in [1.54, 1.807) is 0 Å². The second-order valence-electron chi connectivity index (χ2n) is 6.19. The van der Waals surface area contributed by atoms with E-state index < -0.39 is 0 Å². The molecule has 0 saturated carbocycles. The van der Waals surface area contributed by atoms with Crippen molar-refractivity contribution in [3.8, 4) is 0 Å². The lowest BCUT2D eigenvalue weighted by molar-refractivity contribution is -0.0277. The molecule has 4 heteroatoms. The second kappa shape index (κ2) is 6.46. The second-order valence-corrected chi connectivity index (χ2v) is 7.04. The van der Waals surface area contributed by atoms with Gasteiger partial charge in [-0.05, 0) is 60.3 Å². The molecular formula is C16H25BrN2O. The van der Waals surface area contributed by atoms with E-state index in [9.17, 15) is 0 Å². The summed E-state index contributed by atoms with van der Waals surface area (Å²) >= 11 is 3.71. The Hall–Kier alpha value is -0.580. The van der Waals surface area contributed by atoms with Crippen molar-refractivity contribution in [2.24, 2.45) is 5.73 Å². The van der Waals surface area contributed by atoms with Gasteiger partial charge in [-0.15, -0.1) is 0 Å². The van der Waals surface area contributed by atoms with E-state index in [1.807, 2.05) is 0 Å². The van der Waals surface area contributed by atoms with E-state index in [0.29, 0.717) is 0 Å². The fraction of sp³-hybridized carbons (Fsp3) is 0.625. The molecule has 1 atom stereocenters. The van der Waals surface area contributed by atoms with Gasteiger partial charge >= 0.3 is 0 Å². The van der Waals surface area contributed by atoms with E-state index in [2.05, 4.69) is 59.8 Å². The maximum absolute atomic E-state index is 6.03. The van der Waals surface area contributed by atoms with Gasteiger partial charge in [0, 0.05) is 23.6 Å². The van der Waals surface area contributed by atoms with E-state index in [-0.39, 0.29) is 11.6 Å². The van der Waals surface area contributed by atoms with E-state index in [0.717, 1.165) is 37.0 Å². The molecule has 0 amide bonds. The molecule has 2 N–H and O–H groups in total. The third-order valence-electron chi connectivity index (χ3n) is 3.80. The van der Waals surface area contributed by atoms with Crippen molar-refractivity contribution in [1.29, 1.82) is 0 Å². The molecule has 1 aromatic rings. The van der Waals surface area contributed by atoms with Crippen molar-refractivity contribution in [3.63, 3.8) is 0 Å². The largest absolute Gasteiger partial charge is 0.372 e. The molecule has 1 aliphatic heterocycles. The van der Waals surface area contributed by atoms with Crippen molar-refractivity contribution in [2.75, 3.05) is 24.6 Å². The van der Waals surface area contributed by atoms with Gasteiger partial charge in [0.05, 0.1) is 17.9 Å². The predicted molar refractivity (Wildman–Crippen MR) is 88.4 cm³/mol. The van der Waals surface area contributed by atoms with Gasteiger partial charge in [-0.25, -0.2) is 0 Å². The van der Waals surface area contributed by atoms with Gasteiger partial charge in [-0.1, -0.05) is 13.0 Å². The first-order valence-corrected chi connectivity index (χ1v) is 8.13. The smallest absolute Gasteiger partial charge is 0.0801 e. The lowest BCUT2D eigenvalue weighted by Crippen LogP contribution is -2.48. The summed E-state index contributed by atoms with van der Waals surface area (Å²) in [6.07, 6.45) is 1.95. The number of nitrogens with two attached hydrogens (primary N) is 1. The van der Waals surface area contributed by atoms with Crippen LogP contribution in [0.2, 0.25) is 0 Å². The summed E-state index contributed by atoms with van der Waals surface area (Å²) in [5, 5.41) is 0. The zero-order valence-electron chi connectivity index (χ0n) is 12.7. The Balaban J connectivity index is 2.13. The van der Waals surface area contributed by atoms with Crippen LogP contribution in [0.15, 0.2) is 22.7 Å². The molecule has 1 aromatic carbocycles. The summed E-state index contributed by atoms with van der Waals surface area (Å²) in [5.74, 6) is 0. The molecule has 1 saturated heterocycles. The van der Waals surface area contributed by atoms with Crippen LogP contribution in [0.3, 0.4) is 0 Å². The summed E-state index contributed by atoms with van der Waals surface area (Å²) in [7, 11) is 0. The molecule has 1 aliphatic rings. The van der Waals surface area contributed by atoms with Crippen LogP contribution in [0, 0.1) is 0 Å². The molecule has 0 aromatic heterocycles. The molecule has 1 heterocycles. The number of benzene rings is 1. The Bertz CT molecular complexity index is 462. The predicted octanol–water partition coefficient (Wildman–Crippen LogP) is 3.34. The van der Waals surface area contributed by atoms with Crippen molar-refractivity contribution in [1.82, 2.24) is 0 Å². The van der Waals surface area contributed by atoms with Gasteiger partial charge in [-0.2, -0.15) is 0 Å². The number of rotatable bonds is 4. The van der Waals surface area contributed by atoms with Gasteiger partial charge in [0.15, 0.2) is 0 Å². The molecule has 0 spiro atoms. The van der Waals surface area contributed by atoms with E-state index in [4.69, 9.17) is 10.5 Å². The zero-order valence-corrected chi connectivity index (χ0v) is 14.2. The number of halogens is 1. The Morgan fingerprint density at radius 1 is 1.45 bits per heavy atom. The molecule has 0 bridgehead atoms. The molecule has 2 rings (SSSR count). The lowest BCUT2D eigenvalue weighted by atomic mass is 10.0. The Kier molecular flexibility index (Phi) is 5.10. The van der Waals surface area contributed by atoms with Crippen LogP contribution in [0.5, 0.6) is 0 Å². The Labute approximate surface area is 130 Å². The molecule has 112 valence electrons. The monoisotopic (exact) mass is 340 g/mol. The summed E-state index contributed by atoms with van der Waals surface area (Å²) in [6, 6.07) is 6.84. The summed E-state index contributed by atoms with van der Waals surface area (Å²) < 4.78 is 6.92. The molecule has 20 heavy (non-hydrogen) atoms. The number of hydrogen-bond donors (Lipinski definition) is 1. The fourth-order valence-corrected chi connectivity index (χ4v) is 3.28. The maximum Gasteiger partial charge on any atom is 0.0801 e. The normalized spacial score (nSPS) is 19.9. The van der Waals surface area contributed by atoms with Crippen molar-refractivity contribution in [3.05, 3.63) is 28.2 Å². The van der Waals surface area contributed by atoms with E-state index in [1.165, 1.54) is 11.3 Å². The average molecular weight is 341 g/mol. The SMILES string of the molecule is CCC(N)Cc1ccc(N2CCOC(C)(C)C2)c(Br)c1. The minimum Gasteiger partial charge on any atom is -0.372 e. The molecular weight excluding hydrogens is 316 g/mol. The van der Waals surface area contributed by atoms with Gasteiger partial charge in [0.1, 0.15) is 0 Å². The van der Waals surface area contributed by atoms with Crippen LogP contribution in [0.1, 0.15) is 32.8 Å². The topological polar surface area (TPSA) is 38.5 Å². The first-order valence-electron chi connectivity index (χ1n) is 7.34. The summed E-state index contributed by atoms with van der Waals surface area (Å²) in [4.78, 5) is 2.39. The average Bonchev–Trinajstić information content (AvgIpc) is 2.37. The highest BCUT2D eigenvalue weighted by molar-refractivity contribution is 9.10. The number of morpholine rings is 1. The lowest BCUT2D eigenvalue weighted by Gasteiger charge is -2.40. The fourth-order valence-electron chi connectivity index (χ4n) is 2.60. The van der Waals surface area contributed by atoms with Crippen LogP contribution in [0.25, 0.3) is 0 Å². The highest BCUT2D eigenvalue weighted by Gasteiger charge is 2.28. The standard InChI is InChI=1S/C16H25BrN2O/c1-4-13(18)9-12-5-6-15(14(17)10-12)19-7-8-20-16(2,3)11-19/h5-6,10,13H,4,7-9,11,18H2,1-3H3. The van der Waals surface area contributed by atoms with Crippen LogP contribution >= 0.6 is 15.9 Å². The van der Waals surface area contributed by atoms with Crippen molar-refractivity contribution < 1.29 is 4.74 Å². The maximum atomic E-state index is 6.03. The van der Waals surface area contributed by atoms with Crippen molar-refractivity contribution >= 4 is 21.6 Å². The number of anilines is 1. The molecule has 0 radical (unpaired) electrons. The number of hydrogen-bond acceptors (Lipinski definition) is 3. The van der Waals surface area contributed by atoms with Crippen molar-refractivity contribution in [2.45, 2.75) is 45.3 Å². The third-order valence-corrected chi connectivity index (χ3v) is 4.44. The van der Waals surface area contributed by atoms with Gasteiger partial charge in [-0.3, -0.25) is 0 Å². The molecule has 3 nitrogen and oxygen atoms in total. The molecule has 1 unspecified atom stereocenters. The Morgan fingerprint density at radius 2 is 2.20 bits per heavy atom. The van der Waals surface area contributed by atoms with E-state index >= 15 is 0 Å². The number of nitrogens with zero attached hydrogens (tertiary/aromatic N) is 1. The van der Waals surface area contributed by atoms with Crippen LogP contribution in [-0.4, -0.2) is 31.3 Å². The zero-order chi connectivity index (χ0) is 14.8. The van der Waals surface area contributed by atoms with Gasteiger partial charge < -0.3 is 15.4 Å². The first kappa shape index (κ1) is 15.8. The highest BCUT2D eigenvalue weighted by atomic mass is 79.9. The van der Waals surface area contributed by atoms with Gasteiger partial charge in [0.2, 0.25) is 0 Å².